The molecule has 6 heteroatoms. The van der Waals surface area contributed by atoms with E-state index in [-0.39, 0.29) is 5.91 Å². The lowest BCUT2D eigenvalue weighted by atomic mass is 10.1. The van der Waals surface area contributed by atoms with Crippen LogP contribution in [0.25, 0.3) is 0 Å². The molecule has 0 bridgehead atoms. The van der Waals surface area contributed by atoms with E-state index in [4.69, 9.17) is 25.8 Å². The molecule has 26 heavy (non-hydrogen) atoms. The average molecular weight is 378 g/mol. The lowest BCUT2D eigenvalue weighted by Crippen LogP contribution is -2.36. The molecule has 0 saturated heterocycles. The van der Waals surface area contributed by atoms with Gasteiger partial charge >= 0.3 is 0 Å². The third-order valence-corrected chi connectivity index (χ3v) is 4.14. The van der Waals surface area contributed by atoms with Gasteiger partial charge in [0.05, 0.1) is 14.2 Å². The highest BCUT2D eigenvalue weighted by molar-refractivity contribution is 6.30. The SMILES string of the molecule is COc1ccc(CCCNC(=O)C(C)Oc2ccc(Cl)cc2)cc1OC. The summed E-state index contributed by atoms with van der Waals surface area (Å²) in [6, 6.07) is 12.8. The van der Waals surface area contributed by atoms with Crippen molar-refractivity contribution in [2.45, 2.75) is 25.9 Å². The Balaban J connectivity index is 1.75. The maximum Gasteiger partial charge on any atom is 0.260 e. The van der Waals surface area contributed by atoms with Crippen molar-refractivity contribution in [1.82, 2.24) is 5.32 Å². The summed E-state index contributed by atoms with van der Waals surface area (Å²) in [5.41, 5.74) is 1.13. The largest absolute Gasteiger partial charge is 0.493 e. The molecule has 140 valence electrons. The maximum atomic E-state index is 12.1. The van der Waals surface area contributed by atoms with Crippen LogP contribution in [0.4, 0.5) is 0 Å². The average Bonchev–Trinajstić information content (AvgIpc) is 2.66. The minimum Gasteiger partial charge on any atom is -0.493 e. The van der Waals surface area contributed by atoms with Crippen molar-refractivity contribution >= 4 is 17.5 Å². The first kappa shape index (κ1) is 19.9. The van der Waals surface area contributed by atoms with Crippen LogP contribution in [0, 0.1) is 0 Å². The number of aryl methyl sites for hydroxylation is 1. The molecular formula is C20H24ClNO4. The van der Waals surface area contributed by atoms with Gasteiger partial charge in [0.15, 0.2) is 17.6 Å². The number of ether oxygens (including phenoxy) is 3. The second-order valence-electron chi connectivity index (χ2n) is 5.80. The second kappa shape index (κ2) is 9.92. The zero-order chi connectivity index (χ0) is 18.9. The van der Waals surface area contributed by atoms with Crippen LogP contribution in [-0.4, -0.2) is 32.8 Å². The molecule has 0 spiro atoms. The van der Waals surface area contributed by atoms with E-state index in [2.05, 4.69) is 5.32 Å². The van der Waals surface area contributed by atoms with E-state index in [0.29, 0.717) is 28.8 Å². The van der Waals surface area contributed by atoms with E-state index in [1.807, 2.05) is 18.2 Å². The molecule has 0 heterocycles. The Labute approximate surface area is 159 Å². The normalized spacial score (nSPS) is 11.5. The number of hydrogen-bond donors (Lipinski definition) is 1. The minimum absolute atomic E-state index is 0.146. The minimum atomic E-state index is -0.572. The van der Waals surface area contributed by atoms with Gasteiger partial charge in [-0.2, -0.15) is 0 Å². The first-order chi connectivity index (χ1) is 12.5. The molecule has 0 fully saturated rings. The molecule has 0 saturated carbocycles. The molecule has 5 nitrogen and oxygen atoms in total. The van der Waals surface area contributed by atoms with E-state index >= 15 is 0 Å². The lowest BCUT2D eigenvalue weighted by Gasteiger charge is -2.15. The van der Waals surface area contributed by atoms with Gasteiger partial charge < -0.3 is 19.5 Å². The quantitative estimate of drug-likeness (QED) is 0.674. The highest BCUT2D eigenvalue weighted by atomic mass is 35.5. The molecule has 2 rings (SSSR count). The third kappa shape index (κ3) is 5.85. The molecular weight excluding hydrogens is 354 g/mol. The zero-order valence-corrected chi connectivity index (χ0v) is 16.0. The fraction of sp³-hybridized carbons (Fsp3) is 0.350. The Bertz CT molecular complexity index is 718. The Kier molecular flexibility index (Phi) is 7.60. The molecule has 0 aliphatic carbocycles. The molecule has 1 atom stereocenters. The molecule has 1 N–H and O–H groups in total. The zero-order valence-electron chi connectivity index (χ0n) is 15.3. The number of rotatable bonds is 9. The van der Waals surface area contributed by atoms with Crippen LogP contribution in [0.5, 0.6) is 17.2 Å². The third-order valence-electron chi connectivity index (χ3n) is 3.89. The molecule has 2 aromatic carbocycles. The van der Waals surface area contributed by atoms with Gasteiger partial charge in [-0.1, -0.05) is 17.7 Å². The summed E-state index contributed by atoms with van der Waals surface area (Å²) >= 11 is 5.83. The molecule has 1 unspecified atom stereocenters. The lowest BCUT2D eigenvalue weighted by molar-refractivity contribution is -0.127. The number of amides is 1. The van der Waals surface area contributed by atoms with E-state index in [9.17, 15) is 4.79 Å². The monoisotopic (exact) mass is 377 g/mol. The summed E-state index contributed by atoms with van der Waals surface area (Å²) in [6.07, 6.45) is 1.07. The summed E-state index contributed by atoms with van der Waals surface area (Å²) in [4.78, 5) is 12.1. The number of benzene rings is 2. The predicted molar refractivity (Wildman–Crippen MR) is 102 cm³/mol. The number of methoxy groups -OCH3 is 2. The highest BCUT2D eigenvalue weighted by Gasteiger charge is 2.14. The van der Waals surface area contributed by atoms with Crippen molar-refractivity contribution in [3.63, 3.8) is 0 Å². The maximum absolute atomic E-state index is 12.1. The number of carbonyl (C=O) groups excluding carboxylic acids is 1. The van der Waals surface area contributed by atoms with Gasteiger partial charge in [-0.25, -0.2) is 0 Å². The van der Waals surface area contributed by atoms with Crippen molar-refractivity contribution in [3.8, 4) is 17.2 Å². The van der Waals surface area contributed by atoms with Crippen LogP contribution in [-0.2, 0) is 11.2 Å². The van der Waals surface area contributed by atoms with Crippen LogP contribution in [0.15, 0.2) is 42.5 Å². The summed E-state index contributed by atoms with van der Waals surface area (Å²) in [7, 11) is 3.23. The summed E-state index contributed by atoms with van der Waals surface area (Å²) in [5.74, 6) is 1.88. The Hall–Kier alpha value is -2.40. The van der Waals surface area contributed by atoms with Crippen molar-refractivity contribution in [3.05, 3.63) is 53.1 Å². The van der Waals surface area contributed by atoms with Crippen molar-refractivity contribution < 1.29 is 19.0 Å². The molecule has 0 aromatic heterocycles. The topological polar surface area (TPSA) is 56.8 Å². The van der Waals surface area contributed by atoms with E-state index in [1.165, 1.54) is 0 Å². The summed E-state index contributed by atoms with van der Waals surface area (Å²) in [5, 5.41) is 3.52. The van der Waals surface area contributed by atoms with Gasteiger partial charge in [0.25, 0.3) is 5.91 Å². The van der Waals surface area contributed by atoms with Gasteiger partial charge in [0.2, 0.25) is 0 Å². The Morgan fingerprint density at radius 1 is 1.08 bits per heavy atom. The van der Waals surface area contributed by atoms with Crippen LogP contribution in [0.3, 0.4) is 0 Å². The summed E-state index contributed by atoms with van der Waals surface area (Å²) in [6.45, 7) is 2.29. The molecule has 0 aliphatic rings. The van der Waals surface area contributed by atoms with Crippen LogP contribution in [0.2, 0.25) is 5.02 Å². The van der Waals surface area contributed by atoms with Crippen molar-refractivity contribution in [2.75, 3.05) is 20.8 Å². The number of nitrogens with one attached hydrogen (secondary N) is 1. The number of halogens is 1. The smallest absolute Gasteiger partial charge is 0.260 e. The molecule has 0 aliphatic heterocycles. The number of carbonyl (C=O) groups is 1. The fourth-order valence-electron chi connectivity index (χ4n) is 2.45. The molecule has 0 radical (unpaired) electrons. The first-order valence-electron chi connectivity index (χ1n) is 8.44. The van der Waals surface area contributed by atoms with Gasteiger partial charge in [-0.05, 0) is 61.7 Å². The van der Waals surface area contributed by atoms with Gasteiger partial charge in [0, 0.05) is 11.6 Å². The second-order valence-corrected chi connectivity index (χ2v) is 6.23. The van der Waals surface area contributed by atoms with Gasteiger partial charge in [-0.15, -0.1) is 0 Å². The van der Waals surface area contributed by atoms with Crippen LogP contribution in [0.1, 0.15) is 18.9 Å². The van der Waals surface area contributed by atoms with Gasteiger partial charge in [-0.3, -0.25) is 4.79 Å². The van der Waals surface area contributed by atoms with Gasteiger partial charge in [0.1, 0.15) is 5.75 Å². The van der Waals surface area contributed by atoms with Crippen molar-refractivity contribution in [1.29, 1.82) is 0 Å². The van der Waals surface area contributed by atoms with E-state index in [1.54, 1.807) is 45.4 Å². The Morgan fingerprint density at radius 3 is 2.42 bits per heavy atom. The summed E-state index contributed by atoms with van der Waals surface area (Å²) < 4.78 is 16.1. The van der Waals surface area contributed by atoms with Crippen LogP contribution < -0.4 is 19.5 Å². The standard InChI is InChI=1S/C20H24ClNO4/c1-14(26-17-9-7-16(21)8-10-17)20(23)22-12-4-5-15-6-11-18(24-2)19(13-15)25-3/h6-11,13-14H,4-5,12H2,1-3H3,(H,22,23). The molecule has 2 aromatic rings. The fourth-order valence-corrected chi connectivity index (χ4v) is 2.58. The highest BCUT2D eigenvalue weighted by Crippen LogP contribution is 2.27. The molecule has 1 amide bonds. The van der Waals surface area contributed by atoms with E-state index < -0.39 is 6.10 Å². The predicted octanol–water partition coefficient (Wildman–Crippen LogP) is 3.87. The van der Waals surface area contributed by atoms with E-state index in [0.717, 1.165) is 18.4 Å². The van der Waals surface area contributed by atoms with Crippen LogP contribution >= 0.6 is 11.6 Å². The first-order valence-corrected chi connectivity index (χ1v) is 8.82. The number of hydrogen-bond acceptors (Lipinski definition) is 4. The van der Waals surface area contributed by atoms with Crippen molar-refractivity contribution in [2.24, 2.45) is 0 Å². The Morgan fingerprint density at radius 2 is 1.77 bits per heavy atom.